The zero-order valence-electron chi connectivity index (χ0n) is 11.3. The molecule has 0 bridgehead atoms. The van der Waals surface area contributed by atoms with E-state index in [4.69, 9.17) is 5.11 Å². The number of hydrogen-bond acceptors (Lipinski definition) is 5. The Labute approximate surface area is 121 Å². The summed E-state index contributed by atoms with van der Waals surface area (Å²) in [6.07, 6.45) is 4.86. The molecule has 3 rings (SSSR count). The highest BCUT2D eigenvalue weighted by molar-refractivity contribution is 7.18. The van der Waals surface area contributed by atoms with Gasteiger partial charge in [-0.1, -0.05) is 6.92 Å². The molecule has 1 aliphatic rings. The molecule has 0 radical (unpaired) electrons. The molecule has 2 N–H and O–H groups in total. The number of aromatic nitrogens is 2. The lowest BCUT2D eigenvalue weighted by atomic mass is 10.1. The van der Waals surface area contributed by atoms with Gasteiger partial charge in [0.25, 0.3) is 0 Å². The lowest BCUT2D eigenvalue weighted by Crippen LogP contribution is -2.18. The number of fused-ring (bicyclic) bond motifs is 1. The summed E-state index contributed by atoms with van der Waals surface area (Å²) < 4.78 is 0. The van der Waals surface area contributed by atoms with Crippen molar-refractivity contribution >= 4 is 33.3 Å². The zero-order valence-corrected chi connectivity index (χ0v) is 12.1. The van der Waals surface area contributed by atoms with Gasteiger partial charge >= 0.3 is 5.97 Å². The van der Waals surface area contributed by atoms with E-state index in [9.17, 15) is 4.79 Å². The second-order valence-electron chi connectivity index (χ2n) is 5.20. The van der Waals surface area contributed by atoms with Gasteiger partial charge in [0.05, 0.1) is 11.3 Å². The third-order valence-corrected chi connectivity index (χ3v) is 5.04. The molecule has 106 valence electrons. The van der Waals surface area contributed by atoms with Crippen LogP contribution in [0.3, 0.4) is 0 Å². The van der Waals surface area contributed by atoms with Crippen LogP contribution in [0.15, 0.2) is 12.4 Å². The minimum absolute atomic E-state index is 0.194. The second kappa shape index (κ2) is 5.36. The van der Waals surface area contributed by atoms with E-state index < -0.39 is 5.97 Å². The minimum atomic E-state index is -0.689. The summed E-state index contributed by atoms with van der Waals surface area (Å²) in [5.41, 5.74) is 0. The summed E-state index contributed by atoms with van der Waals surface area (Å²) >= 11 is 1.69. The van der Waals surface area contributed by atoms with Crippen molar-refractivity contribution in [1.29, 1.82) is 0 Å². The predicted octanol–water partition coefficient (Wildman–Crippen LogP) is 2.92. The molecule has 6 heteroatoms. The Balaban J connectivity index is 1.81. The Morgan fingerprint density at radius 3 is 3.05 bits per heavy atom. The van der Waals surface area contributed by atoms with Gasteiger partial charge in [0.1, 0.15) is 17.0 Å². The van der Waals surface area contributed by atoms with Gasteiger partial charge in [-0.15, -0.1) is 11.3 Å². The van der Waals surface area contributed by atoms with Crippen molar-refractivity contribution in [1.82, 2.24) is 9.97 Å². The van der Waals surface area contributed by atoms with E-state index in [1.165, 1.54) is 4.88 Å². The first-order valence-electron chi connectivity index (χ1n) is 6.90. The molecule has 0 saturated heterocycles. The molecule has 0 aromatic carbocycles. The molecule has 2 atom stereocenters. The third kappa shape index (κ3) is 2.47. The number of anilines is 1. The summed E-state index contributed by atoms with van der Waals surface area (Å²) in [4.78, 5) is 21.9. The Morgan fingerprint density at radius 2 is 2.35 bits per heavy atom. The van der Waals surface area contributed by atoms with Crippen molar-refractivity contribution in [3.63, 3.8) is 0 Å². The Morgan fingerprint density at radius 1 is 1.50 bits per heavy atom. The highest BCUT2D eigenvalue weighted by atomic mass is 32.1. The van der Waals surface area contributed by atoms with Gasteiger partial charge in [-0.3, -0.25) is 4.79 Å². The number of rotatable bonds is 4. The van der Waals surface area contributed by atoms with Gasteiger partial charge < -0.3 is 10.4 Å². The molecule has 1 fully saturated rings. The smallest absolute Gasteiger partial charge is 0.306 e. The van der Waals surface area contributed by atoms with E-state index >= 15 is 0 Å². The Bertz CT molecular complexity index is 640. The number of nitrogens with zero attached hydrogens (tertiary/aromatic N) is 2. The Hall–Kier alpha value is -1.69. The standard InChI is InChI=1S/C14H17N3O2S/c1-2-10-6-11-12(15-7-16-13(11)20-10)17-9-4-3-8(5-9)14(18)19/h6-9H,2-5H2,1H3,(H,18,19)(H,15,16,17). The van der Waals surface area contributed by atoms with Crippen molar-refractivity contribution in [2.45, 2.75) is 38.6 Å². The van der Waals surface area contributed by atoms with E-state index in [1.807, 2.05) is 0 Å². The van der Waals surface area contributed by atoms with E-state index in [0.29, 0.717) is 6.42 Å². The number of nitrogens with one attached hydrogen (secondary N) is 1. The lowest BCUT2D eigenvalue weighted by molar-refractivity contribution is -0.141. The quantitative estimate of drug-likeness (QED) is 0.906. The molecule has 5 nitrogen and oxygen atoms in total. The summed E-state index contributed by atoms with van der Waals surface area (Å²) in [6, 6.07) is 2.32. The van der Waals surface area contributed by atoms with Crippen LogP contribution < -0.4 is 5.32 Å². The average Bonchev–Trinajstić information content (AvgIpc) is 3.05. The van der Waals surface area contributed by atoms with Crippen LogP contribution in [-0.2, 0) is 11.2 Å². The molecular weight excluding hydrogens is 274 g/mol. The minimum Gasteiger partial charge on any atom is -0.481 e. The first-order valence-corrected chi connectivity index (χ1v) is 7.71. The van der Waals surface area contributed by atoms with Gasteiger partial charge in [0.2, 0.25) is 0 Å². The predicted molar refractivity (Wildman–Crippen MR) is 79.2 cm³/mol. The van der Waals surface area contributed by atoms with E-state index in [1.54, 1.807) is 17.7 Å². The number of thiophene rings is 1. The van der Waals surface area contributed by atoms with Crippen molar-refractivity contribution in [3.8, 4) is 0 Å². The second-order valence-corrected chi connectivity index (χ2v) is 6.31. The van der Waals surface area contributed by atoms with Crippen molar-refractivity contribution in [3.05, 3.63) is 17.3 Å². The summed E-state index contributed by atoms with van der Waals surface area (Å²) in [6.45, 7) is 2.12. The fourth-order valence-corrected chi connectivity index (χ4v) is 3.66. The molecule has 1 saturated carbocycles. The van der Waals surface area contributed by atoms with Crippen LogP contribution in [-0.4, -0.2) is 27.1 Å². The van der Waals surface area contributed by atoms with E-state index in [-0.39, 0.29) is 12.0 Å². The molecule has 0 spiro atoms. The van der Waals surface area contributed by atoms with Crippen LogP contribution in [0.4, 0.5) is 5.82 Å². The first kappa shape index (κ1) is 13.3. The maximum absolute atomic E-state index is 11.0. The van der Waals surface area contributed by atoms with Crippen molar-refractivity contribution < 1.29 is 9.90 Å². The maximum atomic E-state index is 11.0. The van der Waals surface area contributed by atoms with Crippen LogP contribution in [0, 0.1) is 5.92 Å². The SMILES string of the molecule is CCc1cc2c(NC3CCC(C(=O)O)C3)ncnc2s1. The molecule has 2 aromatic heterocycles. The molecule has 0 amide bonds. The number of carbonyl (C=O) groups is 1. The van der Waals surface area contributed by atoms with Gasteiger partial charge in [-0.25, -0.2) is 9.97 Å². The first-order chi connectivity index (χ1) is 9.67. The van der Waals surface area contributed by atoms with Gasteiger partial charge in [-0.2, -0.15) is 0 Å². The van der Waals surface area contributed by atoms with Crippen LogP contribution in [0.5, 0.6) is 0 Å². The molecule has 1 aliphatic carbocycles. The maximum Gasteiger partial charge on any atom is 0.306 e. The number of carboxylic acids is 1. The number of aliphatic carboxylic acids is 1. The average molecular weight is 291 g/mol. The fourth-order valence-electron chi connectivity index (χ4n) is 2.72. The monoisotopic (exact) mass is 291 g/mol. The fraction of sp³-hybridized carbons (Fsp3) is 0.500. The summed E-state index contributed by atoms with van der Waals surface area (Å²) in [5, 5.41) is 13.5. The molecule has 2 aromatic rings. The van der Waals surface area contributed by atoms with Crippen molar-refractivity contribution in [2.24, 2.45) is 5.92 Å². The molecule has 20 heavy (non-hydrogen) atoms. The van der Waals surface area contributed by atoms with Gasteiger partial charge in [-0.05, 0) is 31.7 Å². The Kier molecular flexibility index (Phi) is 3.56. The number of aryl methyl sites for hydroxylation is 1. The van der Waals surface area contributed by atoms with Crippen LogP contribution in [0.1, 0.15) is 31.1 Å². The van der Waals surface area contributed by atoms with E-state index in [2.05, 4.69) is 28.3 Å². The molecule has 0 aliphatic heterocycles. The summed E-state index contributed by atoms with van der Waals surface area (Å²) in [7, 11) is 0. The molecule has 2 unspecified atom stereocenters. The number of carboxylic acid groups (broad SMARTS) is 1. The van der Waals surface area contributed by atoms with Crippen molar-refractivity contribution in [2.75, 3.05) is 5.32 Å². The van der Waals surface area contributed by atoms with Gasteiger partial charge in [0, 0.05) is 10.9 Å². The summed E-state index contributed by atoms with van der Waals surface area (Å²) in [5.74, 6) is -0.0774. The van der Waals surface area contributed by atoms with Crippen LogP contribution in [0.25, 0.3) is 10.2 Å². The van der Waals surface area contributed by atoms with Crippen LogP contribution >= 0.6 is 11.3 Å². The normalized spacial score (nSPS) is 22.2. The zero-order chi connectivity index (χ0) is 14.1. The highest BCUT2D eigenvalue weighted by Gasteiger charge is 2.30. The molecular formula is C14H17N3O2S. The van der Waals surface area contributed by atoms with Crippen LogP contribution in [0.2, 0.25) is 0 Å². The van der Waals surface area contributed by atoms with E-state index in [0.717, 1.165) is 35.3 Å². The number of hydrogen-bond donors (Lipinski definition) is 2. The largest absolute Gasteiger partial charge is 0.481 e. The van der Waals surface area contributed by atoms with Gasteiger partial charge in [0.15, 0.2) is 0 Å². The topological polar surface area (TPSA) is 75.1 Å². The molecule has 2 heterocycles. The lowest BCUT2D eigenvalue weighted by Gasteiger charge is -2.13. The highest BCUT2D eigenvalue weighted by Crippen LogP contribution is 2.32. The third-order valence-electron chi connectivity index (χ3n) is 3.85.